The summed E-state index contributed by atoms with van der Waals surface area (Å²) in [5.41, 5.74) is 2.36. The number of rotatable bonds is 6. The maximum Gasteiger partial charge on any atom is 0.508 e. The minimum absolute atomic E-state index is 0.243. The van der Waals surface area contributed by atoms with Gasteiger partial charge in [0.1, 0.15) is 37.4 Å². The molecule has 8 nitrogen and oxygen atoms in total. The Hall–Kier alpha value is -2.62. The number of hydrogen-bond acceptors (Lipinski definition) is 8. The van der Waals surface area contributed by atoms with Crippen LogP contribution in [0.15, 0.2) is 48.5 Å². The van der Waals surface area contributed by atoms with Gasteiger partial charge in [-0.1, -0.05) is 35.4 Å². The standard InChI is InChI=1S/C11H12O4.C10H12O4S/c1-8-2-4-9(5-3-8)13-6-10-7-14-11(12)15-10;1-8-2-4-9(5-3-8)12-6-10-7-13-15(11)14-10/h2*2-5,10H,6-7H2,1H3. The smallest absolute Gasteiger partial charge is 0.491 e. The minimum atomic E-state index is -1.59. The van der Waals surface area contributed by atoms with E-state index in [1.54, 1.807) is 0 Å². The van der Waals surface area contributed by atoms with Gasteiger partial charge in [0.2, 0.25) is 0 Å². The molecule has 0 aromatic heterocycles. The van der Waals surface area contributed by atoms with Crippen LogP contribution >= 0.6 is 0 Å². The van der Waals surface area contributed by atoms with E-state index < -0.39 is 17.5 Å². The van der Waals surface area contributed by atoms with E-state index in [0.29, 0.717) is 19.8 Å². The second kappa shape index (κ2) is 11.0. The van der Waals surface area contributed by atoms with Gasteiger partial charge in [0.25, 0.3) is 0 Å². The zero-order chi connectivity index (χ0) is 21.3. The predicted octanol–water partition coefficient (Wildman–Crippen LogP) is 3.28. The molecule has 0 aliphatic carbocycles. The van der Waals surface area contributed by atoms with Crippen molar-refractivity contribution in [3.8, 4) is 11.5 Å². The highest BCUT2D eigenvalue weighted by Crippen LogP contribution is 2.15. The second-order valence-electron chi connectivity index (χ2n) is 6.76. The molecular formula is C21H24O8S. The van der Waals surface area contributed by atoms with Crippen molar-refractivity contribution in [2.45, 2.75) is 26.1 Å². The van der Waals surface area contributed by atoms with Crippen molar-refractivity contribution in [3.05, 3.63) is 59.7 Å². The lowest BCUT2D eigenvalue weighted by Crippen LogP contribution is -2.19. The van der Waals surface area contributed by atoms with Crippen LogP contribution in [0.2, 0.25) is 0 Å². The van der Waals surface area contributed by atoms with Gasteiger partial charge in [0.05, 0.1) is 6.61 Å². The summed E-state index contributed by atoms with van der Waals surface area (Å²) < 4.78 is 40.7. The van der Waals surface area contributed by atoms with Crippen molar-refractivity contribution in [2.24, 2.45) is 0 Å². The maximum atomic E-state index is 10.7. The molecule has 0 amide bonds. The van der Waals surface area contributed by atoms with Crippen molar-refractivity contribution < 1.29 is 36.3 Å². The first kappa shape index (κ1) is 22.1. The van der Waals surface area contributed by atoms with Crippen molar-refractivity contribution in [2.75, 3.05) is 26.4 Å². The highest BCUT2D eigenvalue weighted by Gasteiger charge is 2.25. The summed E-state index contributed by atoms with van der Waals surface area (Å²) in [5.74, 6) is 1.55. The maximum absolute atomic E-state index is 10.7. The molecule has 2 saturated heterocycles. The van der Waals surface area contributed by atoms with Crippen molar-refractivity contribution in [1.29, 1.82) is 0 Å². The number of hydrogen-bond donors (Lipinski definition) is 0. The van der Waals surface area contributed by atoms with Crippen LogP contribution in [0.4, 0.5) is 4.79 Å². The zero-order valence-corrected chi connectivity index (χ0v) is 17.6. The molecule has 3 unspecified atom stereocenters. The molecule has 9 heteroatoms. The first-order chi connectivity index (χ1) is 14.5. The van der Waals surface area contributed by atoms with Crippen LogP contribution in [-0.4, -0.2) is 49.0 Å². The number of aryl methyl sites for hydroxylation is 2. The Morgan fingerprint density at radius 2 is 1.40 bits per heavy atom. The van der Waals surface area contributed by atoms with Gasteiger partial charge >= 0.3 is 17.5 Å². The van der Waals surface area contributed by atoms with E-state index >= 15 is 0 Å². The highest BCUT2D eigenvalue weighted by atomic mass is 32.2. The Balaban J connectivity index is 0.000000171. The molecule has 2 fully saturated rings. The molecular weight excluding hydrogens is 412 g/mol. The van der Waals surface area contributed by atoms with Gasteiger partial charge in [-0.05, 0) is 38.1 Å². The molecule has 162 valence electrons. The van der Waals surface area contributed by atoms with Gasteiger partial charge in [-0.15, -0.1) is 0 Å². The fraction of sp³-hybridized carbons (Fsp3) is 0.381. The molecule has 0 bridgehead atoms. The molecule has 2 aliphatic heterocycles. The molecule has 0 spiro atoms. The minimum Gasteiger partial charge on any atom is -0.491 e. The lowest BCUT2D eigenvalue weighted by atomic mass is 10.2. The van der Waals surface area contributed by atoms with Gasteiger partial charge in [0.15, 0.2) is 6.10 Å². The van der Waals surface area contributed by atoms with Gasteiger partial charge in [0, 0.05) is 0 Å². The third-order valence-corrected chi connectivity index (χ3v) is 4.89. The highest BCUT2D eigenvalue weighted by molar-refractivity contribution is 7.75. The molecule has 3 atom stereocenters. The first-order valence-electron chi connectivity index (χ1n) is 9.42. The number of benzene rings is 2. The Kier molecular flexibility index (Phi) is 8.06. The van der Waals surface area contributed by atoms with Crippen LogP contribution in [-0.2, 0) is 29.2 Å². The van der Waals surface area contributed by atoms with Crippen molar-refractivity contribution in [3.63, 3.8) is 0 Å². The summed E-state index contributed by atoms with van der Waals surface area (Å²) in [4.78, 5) is 10.6. The fourth-order valence-corrected chi connectivity index (χ4v) is 3.12. The molecule has 2 aromatic rings. The SMILES string of the molecule is Cc1ccc(OCC2COC(=O)O2)cc1.Cc1ccc(OCC2COS(=O)O2)cc1. The normalized spacial score (nSPS) is 22.5. The lowest BCUT2D eigenvalue weighted by molar-refractivity contribution is 0.0983. The largest absolute Gasteiger partial charge is 0.508 e. The Bertz CT molecular complexity index is 766. The topological polar surface area (TPSA) is 89.5 Å². The Morgan fingerprint density at radius 1 is 0.867 bits per heavy atom. The monoisotopic (exact) mass is 436 g/mol. The van der Waals surface area contributed by atoms with Crippen LogP contribution in [0.5, 0.6) is 11.5 Å². The summed E-state index contributed by atoms with van der Waals surface area (Å²) in [7, 11) is 0. The fourth-order valence-electron chi connectivity index (χ4n) is 2.47. The third kappa shape index (κ3) is 7.33. The quantitative estimate of drug-likeness (QED) is 0.638. The molecule has 30 heavy (non-hydrogen) atoms. The molecule has 2 aliphatic rings. The summed E-state index contributed by atoms with van der Waals surface area (Å²) in [6, 6.07) is 15.4. The Labute approximate surface area is 177 Å². The van der Waals surface area contributed by atoms with Crippen molar-refractivity contribution >= 4 is 17.5 Å². The molecule has 4 rings (SSSR count). The van der Waals surface area contributed by atoms with Crippen LogP contribution in [0, 0.1) is 13.8 Å². The summed E-state index contributed by atoms with van der Waals surface area (Å²) in [6.45, 7) is 5.30. The van der Waals surface area contributed by atoms with E-state index in [4.69, 9.17) is 22.6 Å². The number of carbonyl (C=O) groups is 1. The summed E-state index contributed by atoms with van der Waals surface area (Å²) >= 11 is -1.59. The van der Waals surface area contributed by atoms with Gasteiger partial charge in [-0.25, -0.2) is 4.79 Å². The van der Waals surface area contributed by atoms with Crippen molar-refractivity contribution in [1.82, 2.24) is 0 Å². The molecule has 2 aromatic carbocycles. The number of ether oxygens (including phenoxy) is 4. The Morgan fingerprint density at radius 3 is 1.83 bits per heavy atom. The summed E-state index contributed by atoms with van der Waals surface area (Å²) in [6.07, 6.45) is -1.15. The van der Waals surface area contributed by atoms with Crippen LogP contribution in [0.1, 0.15) is 11.1 Å². The number of carbonyl (C=O) groups excluding carboxylic acids is 1. The predicted molar refractivity (Wildman–Crippen MR) is 109 cm³/mol. The molecule has 0 saturated carbocycles. The first-order valence-corrected chi connectivity index (χ1v) is 10.4. The van der Waals surface area contributed by atoms with E-state index in [-0.39, 0.29) is 18.8 Å². The van der Waals surface area contributed by atoms with E-state index in [9.17, 15) is 9.00 Å². The van der Waals surface area contributed by atoms with Gasteiger partial charge in [-0.2, -0.15) is 4.21 Å². The second-order valence-corrected chi connectivity index (χ2v) is 7.59. The van der Waals surface area contributed by atoms with E-state index in [1.807, 2.05) is 62.4 Å². The lowest BCUT2D eigenvalue weighted by Gasteiger charge is -2.09. The van der Waals surface area contributed by atoms with E-state index in [0.717, 1.165) is 11.5 Å². The summed E-state index contributed by atoms with van der Waals surface area (Å²) in [5, 5.41) is 0. The zero-order valence-electron chi connectivity index (χ0n) is 16.8. The van der Waals surface area contributed by atoms with Crippen LogP contribution in [0.3, 0.4) is 0 Å². The molecule has 0 radical (unpaired) electrons. The molecule has 0 N–H and O–H groups in total. The van der Waals surface area contributed by atoms with Gasteiger partial charge in [-0.3, -0.25) is 8.37 Å². The van der Waals surface area contributed by atoms with E-state index in [1.165, 1.54) is 11.1 Å². The third-order valence-electron chi connectivity index (χ3n) is 4.13. The van der Waals surface area contributed by atoms with E-state index in [2.05, 4.69) is 4.74 Å². The average Bonchev–Trinajstić information content (AvgIpc) is 3.35. The van der Waals surface area contributed by atoms with Crippen LogP contribution in [0.25, 0.3) is 0 Å². The molecule has 2 heterocycles. The number of cyclic esters (lactones) is 2. The van der Waals surface area contributed by atoms with Crippen LogP contribution < -0.4 is 9.47 Å². The van der Waals surface area contributed by atoms with Gasteiger partial charge < -0.3 is 18.9 Å². The average molecular weight is 436 g/mol.